The smallest absolute Gasteiger partial charge is 0.182 e. The molecule has 3 N–H and O–H groups in total. The highest BCUT2D eigenvalue weighted by molar-refractivity contribution is 5.48. The third-order valence-electron chi connectivity index (χ3n) is 2.72. The summed E-state index contributed by atoms with van der Waals surface area (Å²) in [5.41, 5.74) is 6.82. The Morgan fingerprint density at radius 2 is 2.40 bits per heavy atom. The minimum absolute atomic E-state index is 0.204. The summed E-state index contributed by atoms with van der Waals surface area (Å²) in [5, 5.41) is 15.1. The number of hydrogen-bond acceptors (Lipinski definition) is 4. The molecule has 0 aromatic carbocycles. The van der Waals surface area contributed by atoms with Gasteiger partial charge >= 0.3 is 0 Å². The van der Waals surface area contributed by atoms with Gasteiger partial charge in [0.1, 0.15) is 11.5 Å². The van der Waals surface area contributed by atoms with Crippen molar-refractivity contribution in [3.63, 3.8) is 0 Å². The maximum absolute atomic E-state index is 5.93. The van der Waals surface area contributed by atoms with Crippen LogP contribution in [0, 0.1) is 0 Å². The Hall–Kier alpha value is -1.69. The van der Waals surface area contributed by atoms with E-state index in [1.807, 2.05) is 6.07 Å². The second-order valence-corrected chi connectivity index (χ2v) is 3.82. The van der Waals surface area contributed by atoms with E-state index in [1.54, 1.807) is 6.20 Å². The first-order valence-electron chi connectivity index (χ1n) is 5.02. The number of aromatic amines is 1. The Morgan fingerprint density at radius 3 is 3.20 bits per heavy atom. The highest BCUT2D eigenvalue weighted by Gasteiger charge is 2.21. The normalized spacial score (nSPS) is 20.2. The Labute approximate surface area is 86.5 Å². The molecule has 0 amide bonds. The fourth-order valence-electron chi connectivity index (χ4n) is 1.93. The summed E-state index contributed by atoms with van der Waals surface area (Å²) in [6, 6.07) is 2.09. The highest BCUT2D eigenvalue weighted by atomic mass is 15.3. The number of aryl methyl sites for hydroxylation is 1. The van der Waals surface area contributed by atoms with Crippen LogP contribution in [0.25, 0.3) is 11.5 Å². The van der Waals surface area contributed by atoms with Gasteiger partial charge in [0.25, 0.3) is 0 Å². The molecule has 0 radical (unpaired) electrons. The first kappa shape index (κ1) is 8.60. The summed E-state index contributed by atoms with van der Waals surface area (Å²) in [4.78, 5) is 0. The molecule has 2 aromatic rings. The quantitative estimate of drug-likeness (QED) is 0.681. The minimum atomic E-state index is 0.204. The standard InChI is InChI=1S/C9H12N6/c10-6-1-2-8-13-14-9(15(8)5-6)7-3-4-11-12-7/h3-4,6H,1-2,5,10H2,(H,11,12). The van der Waals surface area contributed by atoms with E-state index in [4.69, 9.17) is 5.73 Å². The first-order chi connectivity index (χ1) is 7.34. The molecule has 78 valence electrons. The summed E-state index contributed by atoms with van der Waals surface area (Å²) in [6.45, 7) is 0.788. The van der Waals surface area contributed by atoms with Crippen LogP contribution in [0.3, 0.4) is 0 Å². The number of fused-ring (bicyclic) bond motifs is 1. The first-order valence-corrected chi connectivity index (χ1v) is 5.02. The fourth-order valence-corrected chi connectivity index (χ4v) is 1.93. The molecular weight excluding hydrogens is 192 g/mol. The zero-order chi connectivity index (χ0) is 10.3. The number of nitrogens with two attached hydrogens (primary N) is 1. The van der Waals surface area contributed by atoms with Crippen molar-refractivity contribution in [3.05, 3.63) is 18.1 Å². The van der Waals surface area contributed by atoms with E-state index in [-0.39, 0.29) is 6.04 Å². The van der Waals surface area contributed by atoms with E-state index in [0.717, 1.165) is 36.7 Å². The Bertz CT molecular complexity index is 457. The number of nitrogens with zero attached hydrogens (tertiary/aromatic N) is 4. The third-order valence-corrected chi connectivity index (χ3v) is 2.72. The summed E-state index contributed by atoms with van der Waals surface area (Å²) < 4.78 is 2.07. The summed E-state index contributed by atoms with van der Waals surface area (Å²) in [5.74, 6) is 1.85. The molecule has 6 heteroatoms. The van der Waals surface area contributed by atoms with E-state index in [2.05, 4.69) is 25.0 Å². The maximum Gasteiger partial charge on any atom is 0.182 e. The van der Waals surface area contributed by atoms with E-state index in [9.17, 15) is 0 Å². The zero-order valence-electron chi connectivity index (χ0n) is 8.22. The minimum Gasteiger partial charge on any atom is -0.326 e. The van der Waals surface area contributed by atoms with Crippen molar-refractivity contribution in [1.82, 2.24) is 25.0 Å². The van der Waals surface area contributed by atoms with Crippen LogP contribution < -0.4 is 5.73 Å². The topological polar surface area (TPSA) is 85.4 Å². The van der Waals surface area contributed by atoms with Gasteiger partial charge in [-0.25, -0.2) is 0 Å². The molecular formula is C9H12N6. The molecule has 0 fully saturated rings. The van der Waals surface area contributed by atoms with Crippen LogP contribution in [0.15, 0.2) is 12.3 Å². The van der Waals surface area contributed by atoms with Crippen molar-refractivity contribution in [2.24, 2.45) is 5.73 Å². The Balaban J connectivity index is 2.07. The monoisotopic (exact) mass is 204 g/mol. The lowest BCUT2D eigenvalue weighted by Gasteiger charge is -2.20. The van der Waals surface area contributed by atoms with Crippen LogP contribution in [-0.2, 0) is 13.0 Å². The molecule has 2 aromatic heterocycles. The van der Waals surface area contributed by atoms with Crippen molar-refractivity contribution in [2.75, 3.05) is 0 Å². The zero-order valence-corrected chi connectivity index (χ0v) is 8.22. The van der Waals surface area contributed by atoms with Crippen molar-refractivity contribution >= 4 is 0 Å². The van der Waals surface area contributed by atoms with E-state index in [0.29, 0.717) is 0 Å². The SMILES string of the molecule is NC1CCc2nnc(-c3ccn[nH]3)n2C1. The maximum atomic E-state index is 5.93. The average Bonchev–Trinajstić information content (AvgIpc) is 2.83. The van der Waals surface area contributed by atoms with Crippen molar-refractivity contribution in [2.45, 2.75) is 25.4 Å². The predicted molar refractivity (Wildman–Crippen MR) is 53.9 cm³/mol. The van der Waals surface area contributed by atoms with Crippen molar-refractivity contribution in [1.29, 1.82) is 0 Å². The molecule has 15 heavy (non-hydrogen) atoms. The highest BCUT2D eigenvalue weighted by Crippen LogP contribution is 2.20. The number of rotatable bonds is 1. The van der Waals surface area contributed by atoms with Gasteiger partial charge in [0.05, 0.1) is 0 Å². The molecule has 1 atom stereocenters. The number of H-pyrrole nitrogens is 1. The summed E-state index contributed by atoms with van der Waals surface area (Å²) in [6.07, 6.45) is 3.60. The number of aromatic nitrogens is 5. The van der Waals surface area contributed by atoms with Crippen LogP contribution in [0.2, 0.25) is 0 Å². The van der Waals surface area contributed by atoms with Gasteiger partial charge in [-0.2, -0.15) is 5.10 Å². The summed E-state index contributed by atoms with van der Waals surface area (Å²) in [7, 11) is 0. The molecule has 1 unspecified atom stereocenters. The van der Waals surface area contributed by atoms with Gasteiger partial charge in [-0.05, 0) is 12.5 Å². The lowest BCUT2D eigenvalue weighted by Crippen LogP contribution is -2.32. The van der Waals surface area contributed by atoms with Gasteiger partial charge in [-0.1, -0.05) is 0 Å². The second-order valence-electron chi connectivity index (χ2n) is 3.82. The van der Waals surface area contributed by atoms with Gasteiger partial charge in [0.15, 0.2) is 5.82 Å². The van der Waals surface area contributed by atoms with Crippen LogP contribution in [0.5, 0.6) is 0 Å². The van der Waals surface area contributed by atoms with E-state index in [1.165, 1.54) is 0 Å². The largest absolute Gasteiger partial charge is 0.326 e. The molecule has 6 nitrogen and oxygen atoms in total. The van der Waals surface area contributed by atoms with Gasteiger partial charge in [-0.3, -0.25) is 5.10 Å². The van der Waals surface area contributed by atoms with Crippen LogP contribution in [0.1, 0.15) is 12.2 Å². The van der Waals surface area contributed by atoms with Gasteiger partial charge in [0.2, 0.25) is 0 Å². The third kappa shape index (κ3) is 1.33. The lowest BCUT2D eigenvalue weighted by molar-refractivity contribution is 0.456. The summed E-state index contributed by atoms with van der Waals surface area (Å²) >= 11 is 0. The average molecular weight is 204 g/mol. The molecule has 0 bridgehead atoms. The molecule has 1 aliphatic heterocycles. The molecule has 1 aliphatic rings. The van der Waals surface area contributed by atoms with E-state index >= 15 is 0 Å². The van der Waals surface area contributed by atoms with Gasteiger partial charge in [-0.15, -0.1) is 10.2 Å². The van der Waals surface area contributed by atoms with Crippen LogP contribution in [-0.4, -0.2) is 31.0 Å². The van der Waals surface area contributed by atoms with Gasteiger partial charge < -0.3 is 10.3 Å². The molecule has 3 heterocycles. The number of nitrogens with one attached hydrogen (secondary N) is 1. The van der Waals surface area contributed by atoms with Crippen molar-refractivity contribution < 1.29 is 0 Å². The molecule has 3 rings (SSSR count). The number of hydrogen-bond donors (Lipinski definition) is 2. The second kappa shape index (κ2) is 3.16. The molecule has 0 spiro atoms. The van der Waals surface area contributed by atoms with Crippen LogP contribution in [0.4, 0.5) is 0 Å². The lowest BCUT2D eigenvalue weighted by atomic mass is 10.1. The van der Waals surface area contributed by atoms with Crippen molar-refractivity contribution in [3.8, 4) is 11.5 Å². The Morgan fingerprint density at radius 1 is 1.47 bits per heavy atom. The predicted octanol–water partition coefficient (Wildman–Crippen LogP) is -0.0583. The molecule has 0 saturated carbocycles. The van der Waals surface area contributed by atoms with Gasteiger partial charge in [0, 0.05) is 25.2 Å². The Kier molecular flexibility index (Phi) is 1.81. The van der Waals surface area contributed by atoms with E-state index < -0.39 is 0 Å². The molecule has 0 saturated heterocycles. The fraction of sp³-hybridized carbons (Fsp3) is 0.444. The van der Waals surface area contributed by atoms with Crippen LogP contribution >= 0.6 is 0 Å². The molecule has 0 aliphatic carbocycles.